The Labute approximate surface area is 124 Å². The molecule has 0 heterocycles. The third kappa shape index (κ3) is 4.12. The maximum Gasteiger partial charge on any atom is 0.165 e. The molecule has 0 radical (unpaired) electrons. The van der Waals surface area contributed by atoms with Crippen LogP contribution in [-0.4, -0.2) is 13.2 Å². The molecule has 0 amide bonds. The van der Waals surface area contributed by atoms with E-state index in [9.17, 15) is 0 Å². The Morgan fingerprint density at radius 1 is 1.05 bits per heavy atom. The van der Waals surface area contributed by atoms with Crippen molar-refractivity contribution in [3.63, 3.8) is 0 Å². The van der Waals surface area contributed by atoms with Gasteiger partial charge in [-0.05, 0) is 30.4 Å². The molecule has 2 rings (SSSR count). The molecular weight excluding hydrogens is 264 g/mol. The Bertz CT molecular complexity index is 592. The van der Waals surface area contributed by atoms with Gasteiger partial charge in [-0.25, -0.2) is 0 Å². The molecule has 0 saturated heterocycles. The molecule has 1 aromatic rings. The van der Waals surface area contributed by atoms with Crippen molar-refractivity contribution < 1.29 is 9.47 Å². The molecule has 0 spiro atoms. The molecule has 0 N–H and O–H groups in total. The van der Waals surface area contributed by atoms with Gasteiger partial charge >= 0.3 is 0 Å². The Hall–Kier alpha value is -2.72. The van der Waals surface area contributed by atoms with E-state index in [1.54, 1.807) is 18.2 Å². The first-order chi connectivity index (χ1) is 10.3. The molecule has 21 heavy (non-hydrogen) atoms. The van der Waals surface area contributed by atoms with Gasteiger partial charge < -0.3 is 9.47 Å². The fourth-order valence-electron chi connectivity index (χ4n) is 1.88. The summed E-state index contributed by atoms with van der Waals surface area (Å²) in [6.45, 7) is 1.12. The summed E-state index contributed by atoms with van der Waals surface area (Å²) in [6.07, 6.45) is 6.20. The van der Waals surface area contributed by atoms with Crippen molar-refractivity contribution in [3.05, 3.63) is 54.3 Å². The Morgan fingerprint density at radius 2 is 1.76 bits per heavy atom. The van der Waals surface area contributed by atoms with Crippen LogP contribution in [0.1, 0.15) is 12.8 Å². The van der Waals surface area contributed by atoms with E-state index in [2.05, 4.69) is 0 Å². The molecule has 1 aliphatic carbocycles. The molecule has 1 aliphatic rings. The molecule has 4 nitrogen and oxygen atoms in total. The van der Waals surface area contributed by atoms with Crippen molar-refractivity contribution in [2.75, 3.05) is 13.2 Å². The summed E-state index contributed by atoms with van der Waals surface area (Å²) in [7, 11) is 0. The third-order valence-corrected chi connectivity index (χ3v) is 3.13. The number of benzene rings is 1. The lowest BCUT2D eigenvalue weighted by Crippen LogP contribution is -2.15. The molecule has 0 fully saturated rings. The van der Waals surface area contributed by atoms with Crippen LogP contribution in [0.5, 0.6) is 5.75 Å². The van der Waals surface area contributed by atoms with Gasteiger partial charge in [0.1, 0.15) is 11.5 Å². The van der Waals surface area contributed by atoms with Crippen molar-refractivity contribution in [2.24, 2.45) is 5.41 Å². The van der Waals surface area contributed by atoms with Crippen LogP contribution in [0.25, 0.3) is 0 Å². The van der Waals surface area contributed by atoms with E-state index in [-0.39, 0.29) is 0 Å². The topological polar surface area (TPSA) is 66.0 Å². The van der Waals surface area contributed by atoms with Crippen molar-refractivity contribution in [1.29, 1.82) is 10.5 Å². The van der Waals surface area contributed by atoms with E-state index in [1.807, 2.05) is 42.5 Å². The minimum absolute atomic E-state index is 0.367. The van der Waals surface area contributed by atoms with Crippen LogP contribution in [0, 0.1) is 28.1 Å². The van der Waals surface area contributed by atoms with Gasteiger partial charge in [-0.15, -0.1) is 0 Å². The van der Waals surface area contributed by atoms with Crippen molar-refractivity contribution in [3.8, 4) is 17.9 Å². The highest BCUT2D eigenvalue weighted by molar-refractivity contribution is 5.33. The van der Waals surface area contributed by atoms with Crippen molar-refractivity contribution in [1.82, 2.24) is 0 Å². The minimum atomic E-state index is -1.04. The summed E-state index contributed by atoms with van der Waals surface area (Å²) in [5, 5.41) is 17.9. The summed E-state index contributed by atoms with van der Waals surface area (Å²) in [4.78, 5) is 0. The van der Waals surface area contributed by atoms with Crippen LogP contribution in [0.4, 0.5) is 0 Å². The maximum atomic E-state index is 8.97. The number of nitrogens with zero attached hydrogens (tertiary/aromatic N) is 2. The average Bonchev–Trinajstić information content (AvgIpc) is 2.56. The second-order valence-corrected chi connectivity index (χ2v) is 4.70. The Morgan fingerprint density at radius 3 is 2.38 bits per heavy atom. The Kier molecular flexibility index (Phi) is 5.01. The van der Waals surface area contributed by atoms with Gasteiger partial charge in [0, 0.05) is 12.8 Å². The monoisotopic (exact) mass is 280 g/mol. The summed E-state index contributed by atoms with van der Waals surface area (Å²) >= 11 is 0. The zero-order valence-corrected chi connectivity index (χ0v) is 11.7. The highest BCUT2D eigenvalue weighted by atomic mass is 16.5. The van der Waals surface area contributed by atoms with Gasteiger partial charge in [0.2, 0.25) is 0 Å². The second kappa shape index (κ2) is 7.17. The molecule has 0 bridgehead atoms. The van der Waals surface area contributed by atoms with E-state index in [0.717, 1.165) is 12.2 Å². The second-order valence-electron chi connectivity index (χ2n) is 4.70. The first-order valence-electron chi connectivity index (χ1n) is 6.80. The summed E-state index contributed by atoms with van der Waals surface area (Å²) in [5.41, 5.74) is -1.04. The highest BCUT2D eigenvalue weighted by Gasteiger charge is 2.28. The van der Waals surface area contributed by atoms with E-state index in [1.165, 1.54) is 0 Å². The van der Waals surface area contributed by atoms with E-state index in [4.69, 9.17) is 20.0 Å². The summed E-state index contributed by atoms with van der Waals surface area (Å²) in [5.74, 6) is 1.55. The Balaban J connectivity index is 1.67. The quantitative estimate of drug-likeness (QED) is 0.749. The minimum Gasteiger partial charge on any atom is -0.494 e. The van der Waals surface area contributed by atoms with Crippen LogP contribution in [0.2, 0.25) is 0 Å². The van der Waals surface area contributed by atoms with Crippen molar-refractivity contribution >= 4 is 0 Å². The van der Waals surface area contributed by atoms with Gasteiger partial charge in [0.15, 0.2) is 5.41 Å². The summed E-state index contributed by atoms with van der Waals surface area (Å²) in [6, 6.07) is 13.7. The lowest BCUT2D eigenvalue weighted by atomic mass is 9.84. The lowest BCUT2D eigenvalue weighted by molar-refractivity contribution is 0.189. The smallest absolute Gasteiger partial charge is 0.165 e. The van der Waals surface area contributed by atoms with Crippen LogP contribution in [-0.2, 0) is 4.74 Å². The van der Waals surface area contributed by atoms with Gasteiger partial charge in [-0.1, -0.05) is 18.2 Å². The van der Waals surface area contributed by atoms with Gasteiger partial charge in [-0.2, -0.15) is 10.5 Å². The molecule has 0 unspecified atom stereocenters. The van der Waals surface area contributed by atoms with Gasteiger partial charge in [0.05, 0.1) is 25.4 Å². The normalized spacial score (nSPS) is 15.4. The number of hydrogen-bond acceptors (Lipinski definition) is 4. The van der Waals surface area contributed by atoms with Crippen LogP contribution >= 0.6 is 0 Å². The zero-order valence-electron chi connectivity index (χ0n) is 11.7. The molecular formula is C17H16N2O2. The van der Waals surface area contributed by atoms with Gasteiger partial charge in [-0.3, -0.25) is 0 Å². The predicted molar refractivity (Wildman–Crippen MR) is 78.0 cm³/mol. The largest absolute Gasteiger partial charge is 0.494 e. The third-order valence-electron chi connectivity index (χ3n) is 3.13. The van der Waals surface area contributed by atoms with Crippen molar-refractivity contribution in [2.45, 2.75) is 12.8 Å². The van der Waals surface area contributed by atoms with E-state index >= 15 is 0 Å². The standard InChI is InChI=1S/C17H16N2O2/c18-13-17(14-19)9-7-16(8-10-17)21-12-4-11-20-15-5-2-1-3-6-15/h1-3,5-9H,4,10-12H2. The molecule has 0 atom stereocenters. The number of nitriles is 2. The first kappa shape index (κ1) is 14.7. The lowest BCUT2D eigenvalue weighted by Gasteiger charge is -2.17. The predicted octanol–water partition coefficient (Wildman–Crippen LogP) is 3.35. The molecule has 4 heteroatoms. The highest BCUT2D eigenvalue weighted by Crippen LogP contribution is 2.28. The first-order valence-corrected chi connectivity index (χ1v) is 6.80. The van der Waals surface area contributed by atoms with E-state index < -0.39 is 5.41 Å². The van der Waals surface area contributed by atoms with E-state index in [0.29, 0.717) is 25.4 Å². The number of ether oxygens (including phenoxy) is 2. The average molecular weight is 280 g/mol. The van der Waals surface area contributed by atoms with Crippen LogP contribution < -0.4 is 4.74 Å². The molecule has 0 aromatic heterocycles. The van der Waals surface area contributed by atoms with Gasteiger partial charge in [0.25, 0.3) is 0 Å². The molecule has 1 aromatic carbocycles. The number of para-hydroxylation sites is 1. The maximum absolute atomic E-state index is 8.97. The fraction of sp³-hybridized carbons (Fsp3) is 0.294. The summed E-state index contributed by atoms with van der Waals surface area (Å²) < 4.78 is 11.1. The number of hydrogen-bond donors (Lipinski definition) is 0. The SMILES string of the molecule is N#CC1(C#N)C=CC(OCCCOc2ccccc2)=CC1. The zero-order chi connectivity index (χ0) is 15.0. The molecule has 0 saturated carbocycles. The number of rotatable bonds is 6. The number of allylic oxidation sites excluding steroid dienone is 3. The van der Waals surface area contributed by atoms with Crippen LogP contribution in [0.15, 0.2) is 54.3 Å². The van der Waals surface area contributed by atoms with Crippen LogP contribution in [0.3, 0.4) is 0 Å². The molecule has 106 valence electrons. The fourth-order valence-corrected chi connectivity index (χ4v) is 1.88. The molecule has 0 aliphatic heterocycles.